The minimum atomic E-state index is -5.04. The molecule has 3 heterocycles. The number of oxime groups is 1. The van der Waals surface area contributed by atoms with Gasteiger partial charge in [0.25, 0.3) is 11.8 Å². The summed E-state index contributed by atoms with van der Waals surface area (Å²) < 4.78 is 38.1. The molecule has 1 aromatic heterocycles. The number of aromatic nitrogens is 1. The van der Waals surface area contributed by atoms with Crippen LogP contribution in [0.3, 0.4) is 0 Å². The fourth-order valence-electron chi connectivity index (χ4n) is 3.22. The molecule has 2 saturated heterocycles. The maximum Gasteiger partial charge on any atom is 0.410 e. The van der Waals surface area contributed by atoms with Crippen molar-refractivity contribution >= 4 is 56.4 Å². The van der Waals surface area contributed by atoms with Crippen LogP contribution in [0.5, 0.6) is 0 Å². The Kier molecular flexibility index (Phi) is 7.39. The zero-order chi connectivity index (χ0) is 27.0. The van der Waals surface area contributed by atoms with Crippen molar-refractivity contribution in [1.29, 1.82) is 0 Å². The van der Waals surface area contributed by atoms with Crippen LogP contribution < -0.4 is 16.8 Å². The van der Waals surface area contributed by atoms with E-state index in [0.29, 0.717) is 0 Å². The van der Waals surface area contributed by atoms with E-state index in [-0.39, 0.29) is 28.2 Å². The Morgan fingerprint density at radius 3 is 2.58 bits per heavy atom. The summed E-state index contributed by atoms with van der Waals surface area (Å²) in [4.78, 5) is 58.9. The molecule has 2 aliphatic rings. The molecular formula is C17H23N7O10S2. The number of carbonyl (C=O) groups is 4. The third-order valence-electron chi connectivity index (χ3n) is 5.18. The van der Waals surface area contributed by atoms with E-state index in [1.54, 1.807) is 0 Å². The van der Waals surface area contributed by atoms with Gasteiger partial charge in [0, 0.05) is 18.5 Å². The average molecular weight is 550 g/mol. The first-order valence-electron chi connectivity index (χ1n) is 10.1. The van der Waals surface area contributed by atoms with Crippen molar-refractivity contribution in [2.75, 3.05) is 25.4 Å². The Hall–Kier alpha value is -3.55. The lowest BCUT2D eigenvalue weighted by Gasteiger charge is -2.45. The van der Waals surface area contributed by atoms with E-state index in [9.17, 15) is 37.3 Å². The van der Waals surface area contributed by atoms with Crippen molar-refractivity contribution in [3.63, 3.8) is 0 Å². The number of nitrogens with two attached hydrogens (primary N) is 2. The number of carboxylic acids is 1. The highest BCUT2D eigenvalue weighted by atomic mass is 32.2. The van der Waals surface area contributed by atoms with Crippen molar-refractivity contribution in [2.45, 2.75) is 37.6 Å². The molecular weight excluding hydrogens is 526 g/mol. The molecule has 0 bridgehead atoms. The van der Waals surface area contributed by atoms with Crippen molar-refractivity contribution in [3.05, 3.63) is 11.1 Å². The molecule has 0 aromatic carbocycles. The van der Waals surface area contributed by atoms with E-state index in [4.69, 9.17) is 21.0 Å². The van der Waals surface area contributed by atoms with Crippen LogP contribution in [-0.2, 0) is 34.3 Å². The Bertz CT molecular complexity index is 1210. The number of carboxylic acid groups (broad SMARTS) is 1. The topological polar surface area (TPSA) is 257 Å². The number of cyclic esters (lactones) is 1. The highest BCUT2D eigenvalue weighted by Gasteiger charge is 2.55. The summed E-state index contributed by atoms with van der Waals surface area (Å²) in [5, 5.41) is 16.4. The number of β-lactam (4-membered cyclic amide) rings is 1. The van der Waals surface area contributed by atoms with Crippen molar-refractivity contribution in [3.8, 4) is 0 Å². The van der Waals surface area contributed by atoms with Crippen LogP contribution in [0.1, 0.15) is 19.5 Å². The first-order chi connectivity index (χ1) is 16.7. The minimum Gasteiger partial charge on any atom is -0.478 e. The van der Waals surface area contributed by atoms with Gasteiger partial charge in [0.1, 0.15) is 17.8 Å². The average Bonchev–Trinajstić information content (AvgIpc) is 3.35. The molecule has 1 aromatic rings. The van der Waals surface area contributed by atoms with Crippen LogP contribution in [0.25, 0.3) is 0 Å². The number of amides is 3. The molecule has 3 amide bonds. The molecule has 36 heavy (non-hydrogen) atoms. The number of nitrogen functional groups attached to an aromatic ring is 1. The van der Waals surface area contributed by atoms with Crippen LogP contribution in [0.15, 0.2) is 10.5 Å². The number of anilines is 1. The molecule has 3 rings (SSSR count). The second kappa shape index (κ2) is 9.84. The SMILES string of the molecule is CC(C)(O/N=C(\C(=O)NC1C(=O)N(S(=O)(=O)O)[C@H]1CN1C[C@H](CN)OC1=O)c1csc(N)n1)C(=O)O. The second-order valence-electron chi connectivity index (χ2n) is 8.19. The summed E-state index contributed by atoms with van der Waals surface area (Å²) in [6.45, 7) is 1.90. The van der Waals surface area contributed by atoms with Gasteiger partial charge in [0.05, 0.1) is 12.6 Å². The first-order valence-corrected chi connectivity index (χ1v) is 12.4. The number of ether oxygens (including phenoxy) is 1. The summed E-state index contributed by atoms with van der Waals surface area (Å²) in [6, 6.07) is -2.93. The lowest BCUT2D eigenvalue weighted by Crippen LogP contribution is -2.74. The molecule has 7 N–H and O–H groups in total. The Morgan fingerprint density at radius 2 is 2.08 bits per heavy atom. The number of nitrogens with zero attached hydrogens (tertiary/aromatic N) is 4. The highest BCUT2D eigenvalue weighted by Crippen LogP contribution is 2.26. The van der Waals surface area contributed by atoms with E-state index in [1.165, 1.54) is 19.2 Å². The molecule has 0 saturated carbocycles. The molecule has 3 atom stereocenters. The van der Waals surface area contributed by atoms with E-state index in [1.807, 2.05) is 0 Å². The Morgan fingerprint density at radius 1 is 1.42 bits per heavy atom. The third-order valence-corrected chi connectivity index (χ3v) is 6.81. The monoisotopic (exact) mass is 549 g/mol. The van der Waals surface area contributed by atoms with Crippen molar-refractivity contribution in [1.82, 2.24) is 19.5 Å². The van der Waals surface area contributed by atoms with Crippen molar-refractivity contribution in [2.24, 2.45) is 10.9 Å². The van der Waals surface area contributed by atoms with Gasteiger partial charge in [0.15, 0.2) is 10.8 Å². The van der Waals surface area contributed by atoms with Crippen LogP contribution in [-0.4, -0.2) is 105 Å². The lowest BCUT2D eigenvalue weighted by molar-refractivity contribution is -0.161. The predicted octanol–water partition coefficient (Wildman–Crippen LogP) is -2.41. The normalized spacial score (nSPS) is 22.8. The van der Waals surface area contributed by atoms with Gasteiger partial charge in [-0.1, -0.05) is 5.16 Å². The summed E-state index contributed by atoms with van der Waals surface area (Å²) in [5.74, 6) is -3.68. The van der Waals surface area contributed by atoms with E-state index < -0.39 is 70.2 Å². The number of hydrogen-bond donors (Lipinski definition) is 5. The van der Waals surface area contributed by atoms with Crippen LogP contribution in [0.2, 0.25) is 0 Å². The molecule has 0 spiro atoms. The molecule has 2 aliphatic heterocycles. The third kappa shape index (κ3) is 5.48. The van der Waals surface area contributed by atoms with Crippen LogP contribution in [0, 0.1) is 0 Å². The zero-order valence-corrected chi connectivity index (χ0v) is 20.5. The molecule has 198 valence electrons. The number of aliphatic carboxylic acids is 1. The van der Waals surface area contributed by atoms with Crippen molar-refractivity contribution < 1.29 is 46.8 Å². The summed E-state index contributed by atoms with van der Waals surface area (Å²) in [7, 11) is -5.04. The van der Waals surface area contributed by atoms with Gasteiger partial charge < -0.3 is 36.4 Å². The number of hydrogen-bond acceptors (Lipinski definition) is 13. The predicted molar refractivity (Wildman–Crippen MR) is 121 cm³/mol. The molecule has 0 aliphatic carbocycles. The first kappa shape index (κ1) is 27.0. The molecule has 19 heteroatoms. The van der Waals surface area contributed by atoms with E-state index >= 15 is 0 Å². The largest absolute Gasteiger partial charge is 0.478 e. The Labute approximate surface area is 207 Å². The Balaban J connectivity index is 1.86. The highest BCUT2D eigenvalue weighted by molar-refractivity contribution is 7.84. The van der Waals surface area contributed by atoms with E-state index in [0.717, 1.165) is 16.2 Å². The molecule has 17 nitrogen and oxygen atoms in total. The number of thiazole rings is 1. The quantitative estimate of drug-likeness (QED) is 0.0882. The van der Waals surface area contributed by atoms with Gasteiger partial charge in [-0.05, 0) is 13.8 Å². The zero-order valence-electron chi connectivity index (χ0n) is 18.9. The van der Waals surface area contributed by atoms with Crippen LogP contribution in [0.4, 0.5) is 9.93 Å². The number of nitrogens with one attached hydrogen (secondary N) is 1. The van der Waals surface area contributed by atoms with Gasteiger partial charge in [0.2, 0.25) is 5.60 Å². The fourth-order valence-corrected chi connectivity index (χ4v) is 4.64. The smallest absolute Gasteiger partial charge is 0.410 e. The lowest BCUT2D eigenvalue weighted by atomic mass is 9.97. The standard InChI is InChI=1S/C17H23N7O10S2/c1-17(2,14(27)28)34-22-10(8-6-35-15(19)20-8)12(25)21-11-9(24(13(11)26)36(30,31)32)5-23-4-7(3-18)33-16(23)29/h6-7,9,11H,3-5,18H2,1-2H3,(H2,19,20)(H,21,25)(H,27,28)(H,30,31,32)/b22-10-/t7-,9-,11?/m0/s1. The van der Waals surface area contributed by atoms with Gasteiger partial charge in [-0.3, -0.25) is 14.1 Å². The van der Waals surface area contributed by atoms with Gasteiger partial charge in [-0.15, -0.1) is 11.3 Å². The number of carbonyl (C=O) groups excluding carboxylic acids is 3. The number of rotatable bonds is 10. The summed E-state index contributed by atoms with van der Waals surface area (Å²) >= 11 is 0.935. The van der Waals surface area contributed by atoms with E-state index in [2.05, 4.69) is 15.5 Å². The minimum absolute atomic E-state index is 0.00268. The maximum atomic E-state index is 13.0. The van der Waals surface area contributed by atoms with Gasteiger partial charge in [-0.2, -0.15) is 8.42 Å². The van der Waals surface area contributed by atoms with Gasteiger partial charge in [-0.25, -0.2) is 18.9 Å². The molecule has 0 radical (unpaired) electrons. The van der Waals surface area contributed by atoms with Gasteiger partial charge >= 0.3 is 22.4 Å². The molecule has 1 unspecified atom stereocenters. The van der Waals surface area contributed by atoms with Crippen LogP contribution >= 0.6 is 11.3 Å². The second-order valence-corrected chi connectivity index (χ2v) is 10.4. The maximum absolute atomic E-state index is 13.0. The fraction of sp³-hybridized carbons (Fsp3) is 0.529. The summed E-state index contributed by atoms with van der Waals surface area (Å²) in [6.07, 6.45) is -1.49. The summed E-state index contributed by atoms with van der Waals surface area (Å²) in [5.41, 5.74) is 8.56. The molecule has 2 fully saturated rings.